The molecule has 0 spiro atoms. The number of halogens is 1. The fourth-order valence-corrected chi connectivity index (χ4v) is 4.67. The number of sulfonamides is 1. The summed E-state index contributed by atoms with van der Waals surface area (Å²) in [5, 5.41) is 0.314. The van der Waals surface area contributed by atoms with Gasteiger partial charge in [-0.3, -0.25) is 4.79 Å². The molecule has 1 N–H and O–H groups in total. The van der Waals surface area contributed by atoms with Crippen molar-refractivity contribution in [1.29, 1.82) is 0 Å². The maximum absolute atomic E-state index is 12.7. The Morgan fingerprint density at radius 3 is 2.68 bits per heavy atom. The van der Waals surface area contributed by atoms with Gasteiger partial charge in [-0.2, -0.15) is 0 Å². The zero-order valence-corrected chi connectivity index (χ0v) is 17.6. The van der Waals surface area contributed by atoms with Crippen LogP contribution in [-0.4, -0.2) is 28.0 Å². The summed E-state index contributed by atoms with van der Waals surface area (Å²) in [6.45, 7) is 4.55. The van der Waals surface area contributed by atoms with Crippen LogP contribution in [0.25, 0.3) is 0 Å². The third-order valence-corrected chi connectivity index (χ3v) is 6.34. The predicted molar refractivity (Wildman–Crippen MR) is 109 cm³/mol. The van der Waals surface area contributed by atoms with E-state index in [0.717, 1.165) is 23.2 Å². The highest BCUT2D eigenvalue weighted by Gasteiger charge is 2.26. The first-order valence-corrected chi connectivity index (χ1v) is 10.9. The van der Waals surface area contributed by atoms with Crippen molar-refractivity contribution in [1.82, 2.24) is 4.72 Å². The topological polar surface area (TPSA) is 75.7 Å². The van der Waals surface area contributed by atoms with E-state index in [1.165, 1.54) is 19.2 Å². The highest BCUT2D eigenvalue weighted by Crippen LogP contribution is 2.31. The van der Waals surface area contributed by atoms with E-state index in [4.69, 9.17) is 16.3 Å². The Morgan fingerprint density at radius 2 is 2.00 bits per heavy atom. The maximum Gasteiger partial charge on any atom is 0.244 e. The molecule has 6 nitrogen and oxygen atoms in total. The fraction of sp³-hybridized carbons (Fsp3) is 0.350. The zero-order chi connectivity index (χ0) is 20.5. The van der Waals surface area contributed by atoms with Gasteiger partial charge in [0.25, 0.3) is 0 Å². The Hall–Kier alpha value is -2.09. The standard InChI is InChI=1S/C20H23ClN2O4S/c1-13(2)20(24)23-9-8-15-10-14(4-6-17(15)23)12-22-28(25,26)19-11-16(21)5-7-18(19)27-3/h4-7,10-11,13,22H,8-9,12H2,1-3H3. The lowest BCUT2D eigenvalue weighted by Gasteiger charge is -2.19. The SMILES string of the molecule is COc1ccc(Cl)cc1S(=O)(=O)NCc1ccc2c(c1)CCN2C(=O)C(C)C. The number of carbonyl (C=O) groups excluding carboxylic acids is 1. The first kappa shape index (κ1) is 20.6. The molecule has 3 rings (SSSR count). The Bertz CT molecular complexity index is 1010. The second-order valence-corrected chi connectivity index (χ2v) is 9.15. The number of hydrogen-bond donors (Lipinski definition) is 1. The van der Waals surface area contributed by atoms with Gasteiger partial charge in [0, 0.05) is 29.7 Å². The Balaban J connectivity index is 1.77. The molecular formula is C20H23ClN2O4S. The first-order valence-electron chi connectivity index (χ1n) is 8.99. The molecule has 1 amide bonds. The Kier molecular flexibility index (Phi) is 5.98. The van der Waals surface area contributed by atoms with Crippen LogP contribution in [-0.2, 0) is 27.8 Å². The molecule has 0 saturated heterocycles. The predicted octanol–water partition coefficient (Wildman–Crippen LogP) is 3.37. The summed E-state index contributed by atoms with van der Waals surface area (Å²) in [7, 11) is -2.39. The van der Waals surface area contributed by atoms with Crippen molar-refractivity contribution in [2.24, 2.45) is 5.92 Å². The van der Waals surface area contributed by atoms with Crippen LogP contribution in [0.15, 0.2) is 41.3 Å². The number of anilines is 1. The molecule has 0 aromatic heterocycles. The molecule has 0 aliphatic carbocycles. The molecular weight excluding hydrogens is 400 g/mol. The smallest absolute Gasteiger partial charge is 0.244 e. The zero-order valence-electron chi connectivity index (χ0n) is 16.0. The Morgan fingerprint density at radius 1 is 1.25 bits per heavy atom. The molecule has 8 heteroatoms. The number of benzene rings is 2. The molecule has 2 aromatic rings. The molecule has 0 atom stereocenters. The lowest BCUT2D eigenvalue weighted by Crippen LogP contribution is -2.32. The largest absolute Gasteiger partial charge is 0.495 e. The summed E-state index contributed by atoms with van der Waals surface area (Å²) in [6.07, 6.45) is 0.760. The van der Waals surface area contributed by atoms with Gasteiger partial charge >= 0.3 is 0 Å². The summed E-state index contributed by atoms with van der Waals surface area (Å²) in [4.78, 5) is 14.1. The van der Waals surface area contributed by atoms with Gasteiger partial charge in [0.05, 0.1) is 7.11 Å². The molecule has 0 radical (unpaired) electrons. The van der Waals surface area contributed by atoms with E-state index in [1.807, 2.05) is 32.0 Å². The van der Waals surface area contributed by atoms with E-state index >= 15 is 0 Å². The number of carbonyl (C=O) groups is 1. The van der Waals surface area contributed by atoms with E-state index in [9.17, 15) is 13.2 Å². The second-order valence-electron chi connectivity index (χ2n) is 6.98. The minimum absolute atomic E-state index is 0.00244. The first-order chi connectivity index (χ1) is 13.2. The number of amides is 1. The normalized spacial score (nSPS) is 13.7. The van der Waals surface area contributed by atoms with Crippen LogP contribution in [0.4, 0.5) is 5.69 Å². The van der Waals surface area contributed by atoms with Crippen LogP contribution in [0, 0.1) is 5.92 Å². The highest BCUT2D eigenvalue weighted by atomic mass is 35.5. The van der Waals surface area contributed by atoms with Crippen molar-refractivity contribution in [2.45, 2.75) is 31.7 Å². The van der Waals surface area contributed by atoms with Gasteiger partial charge in [-0.05, 0) is 41.8 Å². The summed E-state index contributed by atoms with van der Waals surface area (Å²) in [5.41, 5.74) is 2.77. The number of fused-ring (bicyclic) bond motifs is 1. The average Bonchev–Trinajstić information content (AvgIpc) is 3.08. The number of nitrogens with zero attached hydrogens (tertiary/aromatic N) is 1. The molecule has 1 aliphatic heterocycles. The van der Waals surface area contributed by atoms with Gasteiger partial charge < -0.3 is 9.64 Å². The van der Waals surface area contributed by atoms with Crippen LogP contribution < -0.4 is 14.4 Å². The number of ether oxygens (including phenoxy) is 1. The second kappa shape index (κ2) is 8.11. The van der Waals surface area contributed by atoms with Gasteiger partial charge in [-0.25, -0.2) is 13.1 Å². The van der Waals surface area contributed by atoms with Gasteiger partial charge in [0.2, 0.25) is 15.9 Å². The van der Waals surface area contributed by atoms with Crippen molar-refractivity contribution in [3.05, 3.63) is 52.5 Å². The van der Waals surface area contributed by atoms with Gasteiger partial charge in [-0.1, -0.05) is 37.6 Å². The van der Waals surface area contributed by atoms with Crippen molar-refractivity contribution < 1.29 is 17.9 Å². The molecule has 2 aromatic carbocycles. The van der Waals surface area contributed by atoms with Crippen molar-refractivity contribution >= 4 is 33.2 Å². The van der Waals surface area contributed by atoms with Crippen LogP contribution >= 0.6 is 11.6 Å². The monoisotopic (exact) mass is 422 g/mol. The molecule has 0 bridgehead atoms. The van der Waals surface area contributed by atoms with E-state index in [2.05, 4.69) is 4.72 Å². The summed E-state index contributed by atoms with van der Waals surface area (Å²) < 4.78 is 33.1. The molecule has 0 saturated carbocycles. The highest BCUT2D eigenvalue weighted by molar-refractivity contribution is 7.89. The molecule has 28 heavy (non-hydrogen) atoms. The minimum atomic E-state index is -3.80. The average molecular weight is 423 g/mol. The van der Waals surface area contributed by atoms with Crippen LogP contribution in [0.2, 0.25) is 5.02 Å². The van der Waals surface area contributed by atoms with Gasteiger partial charge in [0.15, 0.2) is 0 Å². The minimum Gasteiger partial charge on any atom is -0.495 e. The molecule has 150 valence electrons. The Labute approximate surface area is 170 Å². The quantitative estimate of drug-likeness (QED) is 0.774. The van der Waals surface area contributed by atoms with E-state index in [0.29, 0.717) is 11.6 Å². The number of methoxy groups -OCH3 is 1. The van der Waals surface area contributed by atoms with Crippen LogP contribution in [0.3, 0.4) is 0 Å². The number of nitrogens with one attached hydrogen (secondary N) is 1. The van der Waals surface area contributed by atoms with Gasteiger partial charge in [-0.15, -0.1) is 0 Å². The van der Waals surface area contributed by atoms with E-state index in [1.54, 1.807) is 11.0 Å². The summed E-state index contributed by atoms with van der Waals surface area (Å²) in [6, 6.07) is 10.1. The van der Waals surface area contributed by atoms with Crippen LogP contribution in [0.1, 0.15) is 25.0 Å². The third kappa shape index (κ3) is 4.16. The van der Waals surface area contributed by atoms with E-state index in [-0.39, 0.29) is 29.0 Å². The molecule has 1 heterocycles. The third-order valence-electron chi connectivity index (χ3n) is 4.68. The maximum atomic E-state index is 12.7. The number of hydrogen-bond acceptors (Lipinski definition) is 4. The van der Waals surface area contributed by atoms with Crippen molar-refractivity contribution in [3.8, 4) is 5.75 Å². The summed E-state index contributed by atoms with van der Waals surface area (Å²) >= 11 is 5.94. The summed E-state index contributed by atoms with van der Waals surface area (Å²) in [5.74, 6) is 0.263. The molecule has 1 aliphatic rings. The van der Waals surface area contributed by atoms with E-state index < -0.39 is 10.0 Å². The van der Waals surface area contributed by atoms with Crippen molar-refractivity contribution in [2.75, 3.05) is 18.6 Å². The lowest BCUT2D eigenvalue weighted by atomic mass is 10.1. The molecule has 0 unspecified atom stereocenters. The lowest BCUT2D eigenvalue weighted by molar-refractivity contribution is -0.121. The number of rotatable bonds is 6. The van der Waals surface area contributed by atoms with Gasteiger partial charge in [0.1, 0.15) is 10.6 Å². The van der Waals surface area contributed by atoms with Crippen LogP contribution in [0.5, 0.6) is 5.75 Å². The molecule has 0 fully saturated rings. The fourth-order valence-electron chi connectivity index (χ4n) is 3.22. The van der Waals surface area contributed by atoms with Crippen molar-refractivity contribution in [3.63, 3.8) is 0 Å².